The summed E-state index contributed by atoms with van der Waals surface area (Å²) in [5.41, 5.74) is 3.38. The quantitative estimate of drug-likeness (QED) is 0.483. The van der Waals surface area contributed by atoms with Gasteiger partial charge in [0.05, 0.1) is 24.9 Å². The number of benzene rings is 2. The molecule has 6 nitrogen and oxygen atoms in total. The normalized spacial score (nSPS) is 12.0. The third-order valence-electron chi connectivity index (χ3n) is 4.57. The Balaban J connectivity index is 1.90. The minimum Gasteiger partial charge on any atom is -0.469 e. The maximum atomic E-state index is 12.0. The molecule has 6 heteroatoms. The highest BCUT2D eigenvalue weighted by Crippen LogP contribution is 2.37. The van der Waals surface area contributed by atoms with E-state index in [-0.39, 0.29) is 19.2 Å². The highest BCUT2D eigenvalue weighted by molar-refractivity contribution is 5.78. The number of hydrogen-bond donors (Lipinski definition) is 0. The number of ether oxygens (including phenoxy) is 3. The molecule has 1 aliphatic heterocycles. The van der Waals surface area contributed by atoms with Gasteiger partial charge in [-0.05, 0) is 18.2 Å². The van der Waals surface area contributed by atoms with Gasteiger partial charge in [-0.3, -0.25) is 4.79 Å². The molecule has 0 saturated carbocycles. The van der Waals surface area contributed by atoms with Crippen LogP contribution in [0.25, 0.3) is 22.6 Å². The summed E-state index contributed by atoms with van der Waals surface area (Å²) < 4.78 is 17.8. The van der Waals surface area contributed by atoms with E-state index in [0.717, 1.165) is 22.6 Å². The van der Waals surface area contributed by atoms with Gasteiger partial charge in [-0.2, -0.15) is 0 Å². The maximum absolute atomic E-state index is 12.0. The molecular weight excluding hydrogens is 356 g/mol. The Morgan fingerprint density at radius 1 is 1.18 bits per heavy atom. The van der Waals surface area contributed by atoms with E-state index in [1.54, 1.807) is 0 Å². The number of fused-ring (bicyclic) bond motifs is 1. The number of allylic oxidation sites excluding steroid dienone is 1. The van der Waals surface area contributed by atoms with E-state index in [2.05, 4.69) is 11.1 Å². The van der Waals surface area contributed by atoms with Gasteiger partial charge in [-0.1, -0.05) is 36.4 Å². The number of aromatic nitrogens is 2. The van der Waals surface area contributed by atoms with Crippen molar-refractivity contribution in [1.82, 2.24) is 9.55 Å². The SMILES string of the molecule is C=CCn1c(-c2ccc3c(c2)OCO3)nc(CC(=O)OC)c1-c1ccccc1. The first-order chi connectivity index (χ1) is 13.7. The Labute approximate surface area is 163 Å². The van der Waals surface area contributed by atoms with E-state index in [4.69, 9.17) is 19.2 Å². The van der Waals surface area contributed by atoms with Crippen LogP contribution >= 0.6 is 0 Å². The van der Waals surface area contributed by atoms with E-state index in [0.29, 0.717) is 23.7 Å². The smallest absolute Gasteiger partial charge is 0.311 e. The predicted molar refractivity (Wildman–Crippen MR) is 105 cm³/mol. The number of esters is 1. The fraction of sp³-hybridized carbons (Fsp3) is 0.182. The molecule has 1 aromatic heterocycles. The maximum Gasteiger partial charge on any atom is 0.311 e. The first-order valence-corrected chi connectivity index (χ1v) is 8.94. The molecule has 0 N–H and O–H groups in total. The van der Waals surface area contributed by atoms with Gasteiger partial charge in [-0.15, -0.1) is 6.58 Å². The summed E-state index contributed by atoms with van der Waals surface area (Å²) in [5, 5.41) is 0. The molecule has 0 amide bonds. The van der Waals surface area contributed by atoms with Crippen molar-refractivity contribution in [3.63, 3.8) is 0 Å². The molecule has 0 unspecified atom stereocenters. The lowest BCUT2D eigenvalue weighted by atomic mass is 10.1. The molecule has 0 fully saturated rings. The molecule has 0 saturated heterocycles. The zero-order valence-electron chi connectivity index (χ0n) is 15.6. The predicted octanol–water partition coefficient (Wildman–Crippen LogP) is 3.85. The molecule has 0 bridgehead atoms. The van der Waals surface area contributed by atoms with E-state index in [1.807, 2.05) is 54.6 Å². The molecule has 142 valence electrons. The van der Waals surface area contributed by atoms with Crippen LogP contribution in [0.15, 0.2) is 61.2 Å². The standard InChI is InChI=1S/C22H20N2O4/c1-3-11-24-21(15-7-5-4-6-8-15)17(13-20(25)26-2)23-22(24)16-9-10-18-19(12-16)28-14-27-18/h3-10,12H,1,11,13-14H2,2H3. The Morgan fingerprint density at radius 3 is 2.71 bits per heavy atom. The van der Waals surface area contributed by atoms with E-state index in [9.17, 15) is 4.79 Å². The molecule has 4 rings (SSSR count). The number of methoxy groups -OCH3 is 1. The number of rotatable bonds is 6. The summed E-state index contributed by atoms with van der Waals surface area (Å²) in [7, 11) is 1.38. The monoisotopic (exact) mass is 376 g/mol. The van der Waals surface area contributed by atoms with Crippen molar-refractivity contribution in [2.45, 2.75) is 13.0 Å². The number of imidazole rings is 1. The topological polar surface area (TPSA) is 62.6 Å². The lowest BCUT2D eigenvalue weighted by molar-refractivity contribution is -0.139. The molecule has 0 spiro atoms. The first kappa shape index (κ1) is 17.9. The lowest BCUT2D eigenvalue weighted by Crippen LogP contribution is -2.07. The van der Waals surface area contributed by atoms with Crippen LogP contribution in [-0.2, 0) is 22.5 Å². The van der Waals surface area contributed by atoms with E-state index in [1.165, 1.54) is 7.11 Å². The van der Waals surface area contributed by atoms with Crippen molar-refractivity contribution in [2.24, 2.45) is 0 Å². The van der Waals surface area contributed by atoms with Crippen molar-refractivity contribution < 1.29 is 19.0 Å². The zero-order chi connectivity index (χ0) is 19.5. The number of carbonyl (C=O) groups excluding carboxylic acids is 1. The fourth-order valence-electron chi connectivity index (χ4n) is 3.32. The van der Waals surface area contributed by atoms with Crippen molar-refractivity contribution >= 4 is 5.97 Å². The third kappa shape index (κ3) is 3.24. The largest absolute Gasteiger partial charge is 0.469 e. The Hall–Kier alpha value is -3.54. The van der Waals surface area contributed by atoms with Gasteiger partial charge in [0.15, 0.2) is 11.5 Å². The number of hydrogen-bond acceptors (Lipinski definition) is 5. The van der Waals surface area contributed by atoms with Gasteiger partial charge in [0.25, 0.3) is 0 Å². The number of nitrogens with zero attached hydrogens (tertiary/aromatic N) is 2. The van der Waals surface area contributed by atoms with Gasteiger partial charge in [0.2, 0.25) is 6.79 Å². The second kappa shape index (κ2) is 7.60. The van der Waals surface area contributed by atoms with Gasteiger partial charge >= 0.3 is 5.97 Å². The van der Waals surface area contributed by atoms with Crippen LogP contribution in [0.5, 0.6) is 11.5 Å². The van der Waals surface area contributed by atoms with Gasteiger partial charge < -0.3 is 18.8 Å². The van der Waals surface area contributed by atoms with Crippen molar-refractivity contribution in [3.8, 4) is 34.1 Å². The molecule has 2 heterocycles. The first-order valence-electron chi connectivity index (χ1n) is 8.94. The molecule has 2 aromatic carbocycles. The highest BCUT2D eigenvalue weighted by atomic mass is 16.7. The highest BCUT2D eigenvalue weighted by Gasteiger charge is 2.23. The van der Waals surface area contributed by atoms with E-state index >= 15 is 0 Å². The summed E-state index contributed by atoms with van der Waals surface area (Å²) >= 11 is 0. The van der Waals surface area contributed by atoms with Crippen LogP contribution in [0.4, 0.5) is 0 Å². The average Bonchev–Trinajstić information content (AvgIpc) is 3.33. The molecule has 28 heavy (non-hydrogen) atoms. The molecule has 1 aliphatic rings. The van der Waals surface area contributed by atoms with Crippen molar-refractivity contribution in [1.29, 1.82) is 0 Å². The molecule has 0 atom stereocenters. The van der Waals surface area contributed by atoms with Crippen LogP contribution in [-0.4, -0.2) is 29.4 Å². The van der Waals surface area contributed by atoms with Crippen LogP contribution in [0.3, 0.4) is 0 Å². The second-order valence-electron chi connectivity index (χ2n) is 6.32. The summed E-state index contributed by atoms with van der Waals surface area (Å²) in [6.45, 7) is 4.64. The molecule has 3 aromatic rings. The van der Waals surface area contributed by atoms with Crippen LogP contribution < -0.4 is 9.47 Å². The second-order valence-corrected chi connectivity index (χ2v) is 6.32. The summed E-state index contributed by atoms with van der Waals surface area (Å²) in [4.78, 5) is 16.8. The molecule has 0 aliphatic carbocycles. The summed E-state index contributed by atoms with van der Waals surface area (Å²) in [5.74, 6) is 1.79. The minimum absolute atomic E-state index is 0.0857. The van der Waals surface area contributed by atoms with Gasteiger partial charge in [0, 0.05) is 17.7 Å². The van der Waals surface area contributed by atoms with Crippen molar-refractivity contribution in [2.75, 3.05) is 13.9 Å². The lowest BCUT2D eigenvalue weighted by Gasteiger charge is -2.11. The summed E-state index contributed by atoms with van der Waals surface area (Å²) in [6, 6.07) is 15.6. The minimum atomic E-state index is -0.335. The van der Waals surface area contributed by atoms with Gasteiger partial charge in [-0.25, -0.2) is 4.98 Å². The Bertz CT molecular complexity index is 1020. The van der Waals surface area contributed by atoms with Crippen molar-refractivity contribution in [3.05, 3.63) is 66.9 Å². The third-order valence-corrected chi connectivity index (χ3v) is 4.57. The zero-order valence-corrected chi connectivity index (χ0v) is 15.6. The van der Waals surface area contributed by atoms with Crippen LogP contribution in [0, 0.1) is 0 Å². The molecule has 0 radical (unpaired) electrons. The average molecular weight is 376 g/mol. The Morgan fingerprint density at radius 2 is 1.96 bits per heavy atom. The Kier molecular flexibility index (Phi) is 4.85. The van der Waals surface area contributed by atoms with Crippen LogP contribution in [0.2, 0.25) is 0 Å². The molecular formula is C22H20N2O4. The van der Waals surface area contributed by atoms with Crippen LogP contribution in [0.1, 0.15) is 5.69 Å². The summed E-state index contributed by atoms with van der Waals surface area (Å²) in [6.07, 6.45) is 1.90. The van der Waals surface area contributed by atoms with E-state index < -0.39 is 0 Å². The number of carbonyl (C=O) groups is 1. The fourth-order valence-corrected chi connectivity index (χ4v) is 3.32. The van der Waals surface area contributed by atoms with Gasteiger partial charge in [0.1, 0.15) is 5.82 Å².